The summed E-state index contributed by atoms with van der Waals surface area (Å²) in [7, 11) is -1.94. The molecule has 0 spiro atoms. The fourth-order valence-corrected chi connectivity index (χ4v) is 4.84. The van der Waals surface area contributed by atoms with E-state index < -0.39 is 10.0 Å². The Morgan fingerprint density at radius 3 is 2.55 bits per heavy atom. The molecule has 1 aromatic rings. The van der Waals surface area contributed by atoms with Crippen LogP contribution in [0.3, 0.4) is 0 Å². The first-order chi connectivity index (χ1) is 9.39. The molecular weight excluding hydrogens is 278 g/mol. The molecule has 2 atom stereocenters. The number of nitrogens with two attached hydrogens (primary N) is 1. The zero-order valence-corrected chi connectivity index (χ0v) is 13.1. The molecule has 1 aliphatic rings. The fraction of sp³-hybridized carbons (Fsp3) is 0.769. The summed E-state index contributed by atoms with van der Waals surface area (Å²) in [4.78, 5) is 0.196. The van der Waals surface area contributed by atoms with Crippen LogP contribution in [0.25, 0.3) is 0 Å². The second kappa shape index (κ2) is 5.83. The summed E-state index contributed by atoms with van der Waals surface area (Å²) < 4.78 is 32.0. The molecule has 2 N–H and O–H groups in total. The minimum atomic E-state index is -3.58. The summed E-state index contributed by atoms with van der Waals surface area (Å²) in [5.74, 6) is 0.568. The van der Waals surface area contributed by atoms with E-state index in [1.54, 1.807) is 20.9 Å². The maximum atomic E-state index is 12.8. The van der Waals surface area contributed by atoms with E-state index in [2.05, 4.69) is 5.16 Å². The molecule has 114 valence electrons. The van der Waals surface area contributed by atoms with E-state index in [0.29, 0.717) is 18.0 Å². The highest BCUT2D eigenvalue weighted by Crippen LogP contribution is 2.32. The second-order valence-corrected chi connectivity index (χ2v) is 7.46. The fourth-order valence-electron chi connectivity index (χ4n) is 3.11. The summed E-state index contributed by atoms with van der Waals surface area (Å²) in [6, 6.07) is -0.0348. The van der Waals surface area contributed by atoms with Crippen LogP contribution in [0, 0.1) is 19.8 Å². The molecule has 1 saturated carbocycles. The van der Waals surface area contributed by atoms with Gasteiger partial charge in [-0.3, -0.25) is 0 Å². The highest BCUT2D eigenvalue weighted by molar-refractivity contribution is 7.89. The smallest absolute Gasteiger partial charge is 0.248 e. The molecule has 0 bridgehead atoms. The van der Waals surface area contributed by atoms with Crippen molar-refractivity contribution < 1.29 is 12.9 Å². The molecular formula is C13H23N3O3S. The zero-order valence-electron chi connectivity index (χ0n) is 12.3. The highest BCUT2D eigenvalue weighted by atomic mass is 32.2. The first kappa shape index (κ1) is 15.5. The van der Waals surface area contributed by atoms with Crippen molar-refractivity contribution in [3.8, 4) is 0 Å². The summed E-state index contributed by atoms with van der Waals surface area (Å²) in [6.45, 7) is 3.80. The van der Waals surface area contributed by atoms with E-state index in [-0.39, 0.29) is 16.9 Å². The Bertz CT molecular complexity index is 548. The van der Waals surface area contributed by atoms with Crippen molar-refractivity contribution >= 4 is 10.0 Å². The second-order valence-electron chi connectivity index (χ2n) is 5.52. The summed E-state index contributed by atoms with van der Waals surface area (Å²) in [5, 5.41) is 3.74. The van der Waals surface area contributed by atoms with Crippen molar-refractivity contribution in [2.75, 3.05) is 13.6 Å². The molecule has 0 aromatic carbocycles. The monoisotopic (exact) mass is 301 g/mol. The number of hydrogen-bond donors (Lipinski definition) is 1. The van der Waals surface area contributed by atoms with Crippen molar-refractivity contribution in [1.29, 1.82) is 0 Å². The molecule has 0 amide bonds. The third-order valence-electron chi connectivity index (χ3n) is 4.24. The maximum Gasteiger partial charge on any atom is 0.248 e. The maximum absolute atomic E-state index is 12.8. The van der Waals surface area contributed by atoms with Crippen molar-refractivity contribution in [2.45, 2.75) is 50.5 Å². The lowest BCUT2D eigenvalue weighted by molar-refractivity contribution is 0.204. The van der Waals surface area contributed by atoms with Crippen LogP contribution in [0.1, 0.15) is 37.1 Å². The Morgan fingerprint density at radius 2 is 2.00 bits per heavy atom. The SMILES string of the molecule is Cc1noc(C)c1S(=O)(=O)N(C)C1CCCCC1CN. The largest absolute Gasteiger partial charge is 0.360 e. The Balaban J connectivity index is 2.34. The highest BCUT2D eigenvalue weighted by Gasteiger charge is 2.37. The van der Waals surface area contributed by atoms with Gasteiger partial charge in [0.2, 0.25) is 10.0 Å². The number of rotatable bonds is 4. The van der Waals surface area contributed by atoms with Crippen LogP contribution >= 0.6 is 0 Å². The van der Waals surface area contributed by atoms with Crippen LogP contribution in [0.2, 0.25) is 0 Å². The number of aromatic nitrogens is 1. The number of hydrogen-bond acceptors (Lipinski definition) is 5. The van der Waals surface area contributed by atoms with Gasteiger partial charge in [-0.1, -0.05) is 18.0 Å². The predicted octanol–water partition coefficient (Wildman–Crippen LogP) is 1.43. The Morgan fingerprint density at radius 1 is 1.35 bits per heavy atom. The average molecular weight is 301 g/mol. The normalized spacial score (nSPS) is 24.2. The van der Waals surface area contributed by atoms with E-state index in [4.69, 9.17) is 10.3 Å². The molecule has 0 saturated heterocycles. The van der Waals surface area contributed by atoms with Gasteiger partial charge in [0.05, 0.1) is 0 Å². The van der Waals surface area contributed by atoms with E-state index >= 15 is 0 Å². The van der Waals surface area contributed by atoms with Crippen LogP contribution in [0.15, 0.2) is 9.42 Å². The van der Waals surface area contributed by atoms with Crippen LogP contribution < -0.4 is 5.73 Å². The number of sulfonamides is 1. The van der Waals surface area contributed by atoms with Gasteiger partial charge in [-0.2, -0.15) is 4.31 Å². The van der Waals surface area contributed by atoms with Gasteiger partial charge in [-0.25, -0.2) is 8.42 Å². The standard InChI is InChI=1S/C13H23N3O3S/c1-9-13(10(2)19-15-9)20(17,18)16(3)12-7-5-4-6-11(12)8-14/h11-12H,4-8,14H2,1-3H3. The molecule has 6 nitrogen and oxygen atoms in total. The first-order valence-electron chi connectivity index (χ1n) is 7.00. The minimum Gasteiger partial charge on any atom is -0.360 e. The van der Waals surface area contributed by atoms with Crippen LogP contribution in [-0.4, -0.2) is 37.5 Å². The van der Waals surface area contributed by atoms with Gasteiger partial charge >= 0.3 is 0 Å². The van der Waals surface area contributed by atoms with E-state index in [1.165, 1.54) is 4.31 Å². The van der Waals surface area contributed by atoms with Gasteiger partial charge in [0, 0.05) is 13.1 Å². The Hall–Kier alpha value is -0.920. The van der Waals surface area contributed by atoms with Crippen molar-refractivity contribution in [3.63, 3.8) is 0 Å². The topological polar surface area (TPSA) is 89.4 Å². The van der Waals surface area contributed by atoms with Gasteiger partial charge in [-0.05, 0) is 39.2 Å². The molecule has 7 heteroatoms. The van der Waals surface area contributed by atoms with Gasteiger partial charge in [0.25, 0.3) is 0 Å². The first-order valence-corrected chi connectivity index (χ1v) is 8.44. The third-order valence-corrected chi connectivity index (χ3v) is 6.37. The van der Waals surface area contributed by atoms with Crippen molar-refractivity contribution in [3.05, 3.63) is 11.5 Å². The Labute approximate surface area is 120 Å². The molecule has 1 heterocycles. The number of nitrogens with zero attached hydrogens (tertiary/aromatic N) is 2. The number of aryl methyl sites for hydroxylation is 2. The molecule has 0 radical (unpaired) electrons. The van der Waals surface area contributed by atoms with Gasteiger partial charge in [0.15, 0.2) is 5.76 Å². The van der Waals surface area contributed by atoms with Crippen molar-refractivity contribution in [1.82, 2.24) is 9.46 Å². The lowest BCUT2D eigenvalue weighted by Gasteiger charge is -2.36. The lowest BCUT2D eigenvalue weighted by atomic mass is 9.85. The summed E-state index contributed by atoms with van der Waals surface area (Å²) >= 11 is 0. The van der Waals surface area contributed by atoms with Crippen LogP contribution in [0.5, 0.6) is 0 Å². The molecule has 1 aliphatic carbocycles. The molecule has 2 unspecified atom stereocenters. The van der Waals surface area contributed by atoms with Crippen molar-refractivity contribution in [2.24, 2.45) is 11.7 Å². The van der Waals surface area contributed by atoms with Crippen LogP contribution in [0.4, 0.5) is 0 Å². The molecule has 2 rings (SSSR count). The molecule has 0 aliphatic heterocycles. The predicted molar refractivity (Wildman–Crippen MR) is 75.7 cm³/mol. The van der Waals surface area contributed by atoms with Gasteiger partial charge in [0.1, 0.15) is 10.6 Å². The van der Waals surface area contributed by atoms with E-state index in [0.717, 1.165) is 25.7 Å². The summed E-state index contributed by atoms with van der Waals surface area (Å²) in [5.41, 5.74) is 6.21. The minimum absolute atomic E-state index is 0.0348. The third kappa shape index (κ3) is 2.62. The average Bonchev–Trinajstić information content (AvgIpc) is 2.77. The van der Waals surface area contributed by atoms with E-state index in [1.807, 2.05) is 0 Å². The molecule has 1 fully saturated rings. The molecule has 1 aromatic heterocycles. The van der Waals surface area contributed by atoms with Gasteiger partial charge < -0.3 is 10.3 Å². The van der Waals surface area contributed by atoms with Gasteiger partial charge in [-0.15, -0.1) is 0 Å². The quantitative estimate of drug-likeness (QED) is 0.908. The molecule has 20 heavy (non-hydrogen) atoms. The lowest BCUT2D eigenvalue weighted by Crippen LogP contribution is -2.46. The van der Waals surface area contributed by atoms with Crippen LogP contribution in [-0.2, 0) is 10.0 Å². The summed E-state index contributed by atoms with van der Waals surface area (Å²) in [6.07, 6.45) is 4.02. The zero-order chi connectivity index (χ0) is 14.9. The Kier molecular flexibility index (Phi) is 4.51. The van der Waals surface area contributed by atoms with E-state index in [9.17, 15) is 8.42 Å².